The van der Waals surface area contributed by atoms with Gasteiger partial charge in [0.1, 0.15) is 11.4 Å². The van der Waals surface area contributed by atoms with E-state index in [9.17, 15) is 24.5 Å². The number of hydrogen-bond acceptors (Lipinski definition) is 6. The molecule has 9 heteroatoms. The summed E-state index contributed by atoms with van der Waals surface area (Å²) >= 11 is 0. The minimum atomic E-state index is -1.09. The lowest BCUT2D eigenvalue weighted by atomic mass is 10.1. The van der Waals surface area contributed by atoms with E-state index < -0.39 is 27.8 Å². The second kappa shape index (κ2) is 8.17. The molecule has 1 heterocycles. The van der Waals surface area contributed by atoms with Crippen molar-refractivity contribution < 1.29 is 14.5 Å². The van der Waals surface area contributed by atoms with Gasteiger partial charge in [-0.1, -0.05) is 35.9 Å². The zero-order chi connectivity index (χ0) is 21.0. The molecular formula is C20H15N3O6. The van der Waals surface area contributed by atoms with Crippen molar-refractivity contribution in [2.24, 2.45) is 0 Å². The molecule has 0 fully saturated rings. The number of carbonyl (C=O) groups is 1. The molecule has 3 aromatic rings. The van der Waals surface area contributed by atoms with Crippen LogP contribution in [-0.2, 0) is 0 Å². The summed E-state index contributed by atoms with van der Waals surface area (Å²) in [6.45, 7) is 1.87. The van der Waals surface area contributed by atoms with Crippen LogP contribution in [0.1, 0.15) is 27.2 Å². The number of aromatic amines is 2. The van der Waals surface area contributed by atoms with Crippen molar-refractivity contribution in [2.45, 2.75) is 6.92 Å². The Labute approximate surface area is 163 Å². The molecule has 0 saturated carbocycles. The zero-order valence-electron chi connectivity index (χ0n) is 15.2. The Kier molecular flexibility index (Phi) is 5.49. The average molecular weight is 393 g/mol. The van der Waals surface area contributed by atoms with Gasteiger partial charge in [0.2, 0.25) is 0 Å². The number of ether oxygens (including phenoxy) is 1. The lowest BCUT2D eigenvalue weighted by molar-refractivity contribution is -0.386. The Morgan fingerprint density at radius 3 is 2.45 bits per heavy atom. The van der Waals surface area contributed by atoms with Gasteiger partial charge in [0, 0.05) is 0 Å². The van der Waals surface area contributed by atoms with Crippen molar-refractivity contribution in [2.75, 3.05) is 0 Å². The molecule has 0 unspecified atom stereocenters. The number of aromatic nitrogens is 2. The van der Waals surface area contributed by atoms with E-state index >= 15 is 0 Å². The second-order valence-corrected chi connectivity index (χ2v) is 6.09. The number of carbonyl (C=O) groups excluding carboxylic acids is 1. The van der Waals surface area contributed by atoms with Gasteiger partial charge in [0.25, 0.3) is 0 Å². The van der Waals surface area contributed by atoms with E-state index in [0.717, 1.165) is 5.56 Å². The number of rotatable bonds is 5. The fraction of sp³-hybridized carbons (Fsp3) is 0.0500. The summed E-state index contributed by atoms with van der Waals surface area (Å²) in [5.74, 6) is -0.169. The van der Waals surface area contributed by atoms with Crippen LogP contribution in [0.5, 0.6) is 5.75 Å². The first kappa shape index (κ1) is 19.5. The Morgan fingerprint density at radius 1 is 1.07 bits per heavy atom. The number of H-pyrrole nitrogens is 2. The highest BCUT2D eigenvalue weighted by atomic mass is 16.6. The molecule has 0 radical (unpaired) electrons. The van der Waals surface area contributed by atoms with Crippen molar-refractivity contribution in [1.29, 1.82) is 0 Å². The third kappa shape index (κ3) is 4.72. The van der Waals surface area contributed by atoms with Gasteiger partial charge in [-0.15, -0.1) is 0 Å². The predicted octanol–water partition coefficient (Wildman–Crippen LogP) is 2.67. The normalized spacial score (nSPS) is 10.8. The van der Waals surface area contributed by atoms with Gasteiger partial charge in [-0.2, -0.15) is 0 Å². The first-order valence-electron chi connectivity index (χ1n) is 8.41. The lowest BCUT2D eigenvalue weighted by Gasteiger charge is -2.05. The molecule has 29 heavy (non-hydrogen) atoms. The molecule has 9 nitrogen and oxygen atoms in total. The second-order valence-electron chi connectivity index (χ2n) is 6.09. The number of nitrogens with zero attached hydrogens (tertiary/aromatic N) is 1. The zero-order valence-corrected chi connectivity index (χ0v) is 15.2. The molecule has 0 bridgehead atoms. The molecule has 2 N–H and O–H groups in total. The van der Waals surface area contributed by atoms with Crippen LogP contribution in [0.15, 0.2) is 58.1 Å². The van der Waals surface area contributed by atoms with Crippen LogP contribution >= 0.6 is 0 Å². The summed E-state index contributed by atoms with van der Waals surface area (Å²) in [4.78, 5) is 49.3. The first-order chi connectivity index (χ1) is 13.8. The average Bonchev–Trinajstić information content (AvgIpc) is 2.66. The molecule has 3 rings (SSSR count). The summed E-state index contributed by atoms with van der Waals surface area (Å²) in [5.41, 5.74) is -0.944. The maximum absolute atomic E-state index is 12.2. The summed E-state index contributed by atoms with van der Waals surface area (Å²) in [6, 6.07) is 13.4. The third-order valence-corrected chi connectivity index (χ3v) is 3.91. The Bertz CT molecular complexity index is 1220. The summed E-state index contributed by atoms with van der Waals surface area (Å²) in [6.07, 6.45) is 2.73. The number of esters is 1. The molecule has 0 amide bonds. The van der Waals surface area contributed by atoms with Crippen molar-refractivity contribution in [3.8, 4) is 5.75 Å². The van der Waals surface area contributed by atoms with E-state index in [1.807, 2.05) is 18.0 Å². The quantitative estimate of drug-likeness (QED) is 0.296. The van der Waals surface area contributed by atoms with Crippen LogP contribution in [-0.4, -0.2) is 20.9 Å². The van der Waals surface area contributed by atoms with Gasteiger partial charge in [-0.25, -0.2) is 9.59 Å². The molecule has 0 spiro atoms. The van der Waals surface area contributed by atoms with Crippen molar-refractivity contribution in [3.63, 3.8) is 0 Å². The van der Waals surface area contributed by atoms with E-state index in [4.69, 9.17) is 4.74 Å². The monoisotopic (exact) mass is 393 g/mol. The number of aryl methyl sites for hydroxylation is 1. The van der Waals surface area contributed by atoms with Crippen LogP contribution in [0.2, 0.25) is 0 Å². The fourth-order valence-corrected chi connectivity index (χ4v) is 2.56. The smallest absolute Gasteiger partial charge is 0.357 e. The van der Waals surface area contributed by atoms with Crippen molar-refractivity contribution in [1.82, 2.24) is 9.97 Å². The van der Waals surface area contributed by atoms with Crippen LogP contribution < -0.4 is 16.0 Å². The van der Waals surface area contributed by atoms with Crippen LogP contribution in [0.4, 0.5) is 5.69 Å². The minimum Gasteiger partial charge on any atom is -0.423 e. The summed E-state index contributed by atoms with van der Waals surface area (Å²) < 4.78 is 5.31. The minimum absolute atomic E-state index is 0.223. The largest absolute Gasteiger partial charge is 0.423 e. The van der Waals surface area contributed by atoms with Crippen molar-refractivity contribution >= 4 is 23.8 Å². The van der Waals surface area contributed by atoms with Gasteiger partial charge in [0.15, 0.2) is 0 Å². The van der Waals surface area contributed by atoms with Crippen LogP contribution in [0.25, 0.3) is 12.2 Å². The van der Waals surface area contributed by atoms with Gasteiger partial charge in [-0.3, -0.25) is 19.9 Å². The molecule has 0 atom stereocenters. The molecule has 0 aliphatic carbocycles. The first-order valence-corrected chi connectivity index (χ1v) is 8.41. The van der Waals surface area contributed by atoms with Crippen LogP contribution in [0.3, 0.4) is 0 Å². The maximum atomic E-state index is 12.2. The summed E-state index contributed by atoms with van der Waals surface area (Å²) in [5, 5.41) is 11.0. The highest BCUT2D eigenvalue weighted by Crippen LogP contribution is 2.17. The third-order valence-electron chi connectivity index (χ3n) is 3.91. The molecule has 2 aromatic carbocycles. The van der Waals surface area contributed by atoms with E-state index in [0.29, 0.717) is 16.9 Å². The molecule has 1 aromatic heterocycles. The van der Waals surface area contributed by atoms with Gasteiger partial charge in [0.05, 0.1) is 10.5 Å². The molecular weight excluding hydrogens is 378 g/mol. The van der Waals surface area contributed by atoms with Crippen LogP contribution in [0, 0.1) is 17.0 Å². The van der Waals surface area contributed by atoms with E-state index in [1.165, 1.54) is 12.2 Å². The molecule has 0 aliphatic rings. The Morgan fingerprint density at radius 2 is 1.79 bits per heavy atom. The SMILES string of the molecule is Cc1cccc(C(=O)Oc2ccc(/C=C/c3[nH]c(=O)[nH]c(=O)c3[N+](=O)[O-])cc2)c1. The van der Waals surface area contributed by atoms with Gasteiger partial charge < -0.3 is 9.72 Å². The summed E-state index contributed by atoms with van der Waals surface area (Å²) in [7, 11) is 0. The van der Waals surface area contributed by atoms with Gasteiger partial charge >= 0.3 is 22.9 Å². The Balaban J connectivity index is 1.78. The predicted molar refractivity (Wildman–Crippen MR) is 106 cm³/mol. The number of benzene rings is 2. The molecule has 0 saturated heterocycles. The lowest BCUT2D eigenvalue weighted by Crippen LogP contribution is -2.25. The highest BCUT2D eigenvalue weighted by molar-refractivity contribution is 5.91. The highest BCUT2D eigenvalue weighted by Gasteiger charge is 2.18. The van der Waals surface area contributed by atoms with E-state index in [-0.39, 0.29) is 5.69 Å². The van der Waals surface area contributed by atoms with E-state index in [2.05, 4.69) is 4.98 Å². The van der Waals surface area contributed by atoms with Gasteiger partial charge in [-0.05, 0) is 42.8 Å². The molecule has 146 valence electrons. The number of hydrogen-bond donors (Lipinski definition) is 2. The fourth-order valence-electron chi connectivity index (χ4n) is 2.56. The number of nitrogens with one attached hydrogen (secondary N) is 2. The van der Waals surface area contributed by atoms with E-state index in [1.54, 1.807) is 42.5 Å². The maximum Gasteiger partial charge on any atom is 0.357 e. The standard InChI is InChI=1S/C20H15N3O6/c1-12-3-2-4-14(11-12)19(25)29-15-8-5-13(6-9-15)7-10-16-17(23(27)28)18(24)22-20(26)21-16/h2-11H,1H3,(H2,21,22,24,26)/b10-7+. The Hall–Kier alpha value is -4.27. The van der Waals surface area contributed by atoms with Crippen molar-refractivity contribution in [3.05, 3.63) is 102 Å². The topological polar surface area (TPSA) is 135 Å². The molecule has 0 aliphatic heterocycles. The number of nitro groups is 1.